The average molecular weight is 347 g/mol. The Bertz CT molecular complexity index is 811. The van der Waals surface area contributed by atoms with Gasteiger partial charge in [-0.2, -0.15) is 0 Å². The molecule has 0 heterocycles. The SMILES string of the molecule is Nc1cccc(C(=O)O)c1C(=O)O.O=C(O)c1ccccc1C(=O)O. The molecule has 0 aliphatic carbocycles. The molecule has 2 rings (SSSR count). The second-order valence-electron chi connectivity index (χ2n) is 4.54. The Kier molecular flexibility index (Phi) is 6.22. The Balaban J connectivity index is 0.000000251. The normalized spacial score (nSPS) is 9.44. The lowest BCUT2D eigenvalue weighted by atomic mass is 10.1. The number of hydrogen-bond donors (Lipinski definition) is 5. The van der Waals surface area contributed by atoms with E-state index in [-0.39, 0.29) is 27.9 Å². The van der Waals surface area contributed by atoms with Crippen LogP contribution < -0.4 is 5.73 Å². The van der Waals surface area contributed by atoms with Crippen LogP contribution in [0.2, 0.25) is 0 Å². The van der Waals surface area contributed by atoms with E-state index < -0.39 is 23.9 Å². The topological polar surface area (TPSA) is 175 Å². The van der Waals surface area contributed by atoms with Crippen LogP contribution in [0.5, 0.6) is 0 Å². The molecule has 0 fully saturated rings. The van der Waals surface area contributed by atoms with Gasteiger partial charge in [0.05, 0.1) is 22.3 Å². The highest BCUT2D eigenvalue weighted by atomic mass is 16.4. The molecule has 130 valence electrons. The third-order valence-electron chi connectivity index (χ3n) is 2.93. The molecule has 0 unspecified atom stereocenters. The van der Waals surface area contributed by atoms with Crippen LogP contribution >= 0.6 is 0 Å². The van der Waals surface area contributed by atoms with Gasteiger partial charge in [0.15, 0.2) is 0 Å². The van der Waals surface area contributed by atoms with Crippen molar-refractivity contribution in [3.8, 4) is 0 Å². The van der Waals surface area contributed by atoms with Crippen molar-refractivity contribution in [2.75, 3.05) is 5.73 Å². The van der Waals surface area contributed by atoms with E-state index in [0.29, 0.717) is 0 Å². The highest BCUT2D eigenvalue weighted by Gasteiger charge is 2.18. The second-order valence-corrected chi connectivity index (χ2v) is 4.54. The van der Waals surface area contributed by atoms with Crippen LogP contribution in [0.3, 0.4) is 0 Å². The molecule has 6 N–H and O–H groups in total. The molecule has 25 heavy (non-hydrogen) atoms. The largest absolute Gasteiger partial charge is 0.478 e. The first-order valence-electron chi connectivity index (χ1n) is 6.57. The fourth-order valence-corrected chi connectivity index (χ4v) is 1.84. The van der Waals surface area contributed by atoms with Gasteiger partial charge in [-0.25, -0.2) is 19.2 Å². The number of aromatic carboxylic acids is 4. The number of carboxylic acid groups (broad SMARTS) is 4. The minimum Gasteiger partial charge on any atom is -0.478 e. The van der Waals surface area contributed by atoms with Crippen LogP contribution in [0.15, 0.2) is 42.5 Å². The van der Waals surface area contributed by atoms with Crippen molar-refractivity contribution >= 4 is 29.6 Å². The molecule has 2 aromatic rings. The van der Waals surface area contributed by atoms with E-state index in [9.17, 15) is 19.2 Å². The predicted octanol–water partition coefficient (Wildman–Crippen LogP) is 1.75. The number of hydrogen-bond acceptors (Lipinski definition) is 5. The number of nitrogens with two attached hydrogens (primary N) is 1. The third kappa shape index (κ3) is 4.79. The molecule has 0 aliphatic heterocycles. The highest BCUT2D eigenvalue weighted by Crippen LogP contribution is 2.16. The summed E-state index contributed by atoms with van der Waals surface area (Å²) in [5.74, 6) is -5.10. The Morgan fingerprint density at radius 2 is 1.00 bits per heavy atom. The molecular formula is C16H13NO8. The molecule has 0 amide bonds. The summed E-state index contributed by atoms with van der Waals surface area (Å²) in [5, 5.41) is 34.4. The van der Waals surface area contributed by atoms with Crippen LogP contribution in [0.4, 0.5) is 5.69 Å². The summed E-state index contributed by atoms with van der Waals surface area (Å²) in [6.45, 7) is 0. The molecule has 0 aliphatic rings. The maximum Gasteiger partial charge on any atom is 0.338 e. The maximum absolute atomic E-state index is 10.6. The lowest BCUT2D eigenvalue weighted by Crippen LogP contribution is -2.10. The number of rotatable bonds is 4. The maximum atomic E-state index is 10.6. The lowest BCUT2D eigenvalue weighted by molar-refractivity contribution is 0.0651. The standard InChI is InChI=1S/C8H7NO4.C8H6O4/c9-5-3-1-2-4(7(10)11)6(5)8(12)13;9-7(10)5-3-1-2-4-6(5)8(11)12/h1-3H,9H2,(H,10,11)(H,12,13);1-4H,(H,9,10)(H,11,12). The molecule has 2 aromatic carbocycles. The molecule has 0 radical (unpaired) electrons. The molecule has 0 spiro atoms. The Labute approximate surface area is 140 Å². The smallest absolute Gasteiger partial charge is 0.338 e. The summed E-state index contributed by atoms with van der Waals surface area (Å²) in [7, 11) is 0. The Morgan fingerprint density at radius 3 is 1.32 bits per heavy atom. The fraction of sp³-hybridized carbons (Fsp3) is 0. The van der Waals surface area contributed by atoms with Crippen LogP contribution in [-0.4, -0.2) is 44.3 Å². The minimum atomic E-state index is -1.34. The quantitative estimate of drug-likeness (QED) is 0.516. The van der Waals surface area contributed by atoms with Gasteiger partial charge >= 0.3 is 23.9 Å². The van der Waals surface area contributed by atoms with E-state index in [1.807, 2.05) is 0 Å². The first-order chi connectivity index (χ1) is 11.7. The van der Waals surface area contributed by atoms with Crippen molar-refractivity contribution < 1.29 is 39.6 Å². The molecule has 0 saturated carbocycles. The van der Waals surface area contributed by atoms with Crippen molar-refractivity contribution in [2.24, 2.45) is 0 Å². The lowest BCUT2D eigenvalue weighted by Gasteiger charge is -2.03. The van der Waals surface area contributed by atoms with E-state index in [4.69, 9.17) is 26.2 Å². The van der Waals surface area contributed by atoms with Gasteiger partial charge in [0.25, 0.3) is 0 Å². The number of nitrogen functional groups attached to an aromatic ring is 1. The van der Waals surface area contributed by atoms with E-state index in [0.717, 1.165) is 0 Å². The van der Waals surface area contributed by atoms with Gasteiger partial charge in [0.2, 0.25) is 0 Å². The van der Waals surface area contributed by atoms with Gasteiger partial charge in [-0.05, 0) is 24.3 Å². The van der Waals surface area contributed by atoms with Crippen molar-refractivity contribution in [1.29, 1.82) is 0 Å². The highest BCUT2D eigenvalue weighted by molar-refractivity contribution is 6.05. The average Bonchev–Trinajstić information content (AvgIpc) is 2.54. The molecule has 0 bridgehead atoms. The number of carboxylic acids is 4. The van der Waals surface area contributed by atoms with Gasteiger partial charge in [-0.1, -0.05) is 18.2 Å². The molecular weight excluding hydrogens is 334 g/mol. The predicted molar refractivity (Wildman–Crippen MR) is 85.1 cm³/mol. The van der Waals surface area contributed by atoms with Crippen LogP contribution in [-0.2, 0) is 0 Å². The first-order valence-corrected chi connectivity index (χ1v) is 6.57. The van der Waals surface area contributed by atoms with E-state index in [1.54, 1.807) is 0 Å². The van der Waals surface area contributed by atoms with Crippen molar-refractivity contribution in [3.63, 3.8) is 0 Å². The molecule has 0 aromatic heterocycles. The molecule has 9 nitrogen and oxygen atoms in total. The number of benzene rings is 2. The molecule has 0 atom stereocenters. The van der Waals surface area contributed by atoms with E-state index in [2.05, 4.69) is 0 Å². The zero-order valence-corrected chi connectivity index (χ0v) is 12.5. The second kappa shape index (κ2) is 8.11. The Hall–Kier alpha value is -3.88. The summed E-state index contributed by atoms with van der Waals surface area (Å²) in [6, 6.07) is 9.41. The summed E-state index contributed by atoms with van der Waals surface area (Å²) in [4.78, 5) is 42.1. The van der Waals surface area contributed by atoms with Crippen LogP contribution in [0.25, 0.3) is 0 Å². The summed E-state index contributed by atoms with van der Waals surface area (Å²) in [6.07, 6.45) is 0. The van der Waals surface area contributed by atoms with Crippen molar-refractivity contribution in [3.05, 3.63) is 64.7 Å². The number of anilines is 1. The summed E-state index contributed by atoms with van der Waals surface area (Å²) in [5.41, 5.74) is 4.22. The van der Waals surface area contributed by atoms with Crippen LogP contribution in [0.1, 0.15) is 41.4 Å². The van der Waals surface area contributed by atoms with Gasteiger partial charge in [0, 0.05) is 5.69 Å². The van der Waals surface area contributed by atoms with Crippen LogP contribution in [0, 0.1) is 0 Å². The van der Waals surface area contributed by atoms with Crippen molar-refractivity contribution in [1.82, 2.24) is 0 Å². The third-order valence-corrected chi connectivity index (χ3v) is 2.93. The Morgan fingerprint density at radius 1 is 0.600 bits per heavy atom. The summed E-state index contributed by atoms with van der Waals surface area (Å²) < 4.78 is 0. The van der Waals surface area contributed by atoms with E-state index in [1.165, 1.54) is 42.5 Å². The number of carbonyl (C=O) groups is 4. The zero-order valence-electron chi connectivity index (χ0n) is 12.5. The molecule has 9 heteroatoms. The zero-order chi connectivity index (χ0) is 19.1. The van der Waals surface area contributed by atoms with E-state index >= 15 is 0 Å². The monoisotopic (exact) mass is 347 g/mol. The minimum absolute atomic E-state index is 0.0487. The van der Waals surface area contributed by atoms with Crippen molar-refractivity contribution in [2.45, 2.75) is 0 Å². The summed E-state index contributed by atoms with van der Waals surface area (Å²) >= 11 is 0. The molecule has 0 saturated heterocycles. The first kappa shape index (κ1) is 19.2. The van der Waals surface area contributed by atoms with Gasteiger partial charge in [-0.3, -0.25) is 0 Å². The van der Waals surface area contributed by atoms with Gasteiger partial charge in [0.1, 0.15) is 0 Å². The van der Waals surface area contributed by atoms with Gasteiger partial charge < -0.3 is 26.2 Å². The van der Waals surface area contributed by atoms with Gasteiger partial charge in [-0.15, -0.1) is 0 Å². The fourth-order valence-electron chi connectivity index (χ4n) is 1.84.